The number of fused-ring (bicyclic) bond motifs is 8. The first-order chi connectivity index (χ1) is 20.4. The van der Waals surface area contributed by atoms with Crippen LogP contribution in [0, 0.1) is 13.8 Å². The van der Waals surface area contributed by atoms with Gasteiger partial charge < -0.3 is 20.4 Å². The number of hydrogen-bond acceptors (Lipinski definition) is 5. The lowest BCUT2D eigenvalue weighted by atomic mass is 10.0. The minimum absolute atomic E-state index is 0.0921. The van der Waals surface area contributed by atoms with Crippen molar-refractivity contribution in [2.75, 3.05) is 0 Å². The minimum Gasteiger partial charge on any atom is -0.481 e. The topological polar surface area (TPSA) is 141 Å². The highest BCUT2D eigenvalue weighted by Crippen LogP contribution is 2.37. The monoisotopic (exact) mass is 578 g/mol. The summed E-state index contributed by atoms with van der Waals surface area (Å²) < 4.78 is 1.05. The molecular weight excluding hydrogens is 544 g/mol. The van der Waals surface area contributed by atoms with Gasteiger partial charge in [0.05, 0.1) is 33.8 Å². The molecule has 220 valence electrons. The van der Waals surface area contributed by atoms with Crippen LogP contribution in [0.4, 0.5) is 0 Å². The SMILES string of the molecule is C=CC1=C(C)c2cc3c(C)c(CCC(=O)O)c(cc4nc(cc5[nH]c(cc1n2)c(C)c5C=C)C(C)=C4CCC(=O)O)n3O. The molecule has 0 aliphatic carbocycles. The Labute approximate surface area is 248 Å². The van der Waals surface area contributed by atoms with E-state index in [0.717, 1.165) is 54.7 Å². The quantitative estimate of drug-likeness (QED) is 0.207. The van der Waals surface area contributed by atoms with Crippen LogP contribution in [0.2, 0.25) is 0 Å². The third kappa shape index (κ3) is 5.18. The number of allylic oxidation sites excluding steroid dienone is 5. The molecule has 0 amide bonds. The molecule has 43 heavy (non-hydrogen) atoms. The average molecular weight is 579 g/mol. The molecule has 9 nitrogen and oxygen atoms in total. The first-order valence-electron chi connectivity index (χ1n) is 14.0. The van der Waals surface area contributed by atoms with Gasteiger partial charge in [-0.1, -0.05) is 25.3 Å². The van der Waals surface area contributed by atoms with Crippen LogP contribution in [0.15, 0.2) is 43.5 Å². The second-order valence-electron chi connectivity index (χ2n) is 10.9. The molecule has 0 fully saturated rings. The Balaban J connectivity index is 1.98. The van der Waals surface area contributed by atoms with E-state index in [1.165, 1.54) is 0 Å². The maximum atomic E-state index is 11.6. The van der Waals surface area contributed by atoms with E-state index < -0.39 is 11.9 Å². The Bertz CT molecular complexity index is 1970. The fraction of sp³-hybridized carbons (Fsp3) is 0.235. The van der Waals surface area contributed by atoms with Gasteiger partial charge in [-0.2, -0.15) is 4.73 Å². The molecule has 5 rings (SSSR count). The Hall–Kier alpha value is -5.18. The third-order valence-corrected chi connectivity index (χ3v) is 8.36. The predicted octanol–water partition coefficient (Wildman–Crippen LogP) is 7.21. The summed E-state index contributed by atoms with van der Waals surface area (Å²) in [5.74, 6) is -1.88. The van der Waals surface area contributed by atoms with Crippen molar-refractivity contribution < 1.29 is 25.0 Å². The molecule has 2 aliphatic rings. The van der Waals surface area contributed by atoms with Gasteiger partial charge in [0.15, 0.2) is 0 Å². The molecule has 0 aromatic carbocycles. The van der Waals surface area contributed by atoms with Crippen LogP contribution in [0.1, 0.15) is 78.1 Å². The molecule has 8 bridgehead atoms. The van der Waals surface area contributed by atoms with Crippen molar-refractivity contribution in [1.29, 1.82) is 0 Å². The number of nitrogens with one attached hydrogen (secondary N) is 1. The lowest BCUT2D eigenvalue weighted by Gasteiger charge is -2.04. The van der Waals surface area contributed by atoms with Crippen LogP contribution in [0.5, 0.6) is 0 Å². The maximum absolute atomic E-state index is 11.6. The number of aryl methyl sites for hydroxylation is 3. The van der Waals surface area contributed by atoms with Crippen molar-refractivity contribution in [3.8, 4) is 0 Å². The molecule has 3 aromatic rings. The zero-order valence-corrected chi connectivity index (χ0v) is 24.7. The molecule has 0 unspecified atom stereocenters. The predicted molar refractivity (Wildman–Crippen MR) is 169 cm³/mol. The number of H-pyrrole nitrogens is 1. The number of hydrogen-bond donors (Lipinski definition) is 4. The first-order valence-corrected chi connectivity index (χ1v) is 14.0. The highest BCUT2D eigenvalue weighted by molar-refractivity contribution is 5.98. The summed E-state index contributed by atoms with van der Waals surface area (Å²) >= 11 is 0. The number of aromatic nitrogens is 4. The summed E-state index contributed by atoms with van der Waals surface area (Å²) in [6.45, 7) is 15.7. The van der Waals surface area contributed by atoms with Gasteiger partial charge in [0.1, 0.15) is 0 Å². The van der Waals surface area contributed by atoms with Crippen molar-refractivity contribution in [3.05, 3.63) is 88.5 Å². The molecule has 5 heterocycles. The van der Waals surface area contributed by atoms with Crippen LogP contribution >= 0.6 is 0 Å². The van der Waals surface area contributed by atoms with Crippen LogP contribution in [-0.4, -0.2) is 47.0 Å². The summed E-state index contributed by atoms with van der Waals surface area (Å²) in [6, 6.07) is 7.39. The van der Waals surface area contributed by atoms with Gasteiger partial charge >= 0.3 is 11.9 Å². The first kappa shape index (κ1) is 29.3. The van der Waals surface area contributed by atoms with E-state index >= 15 is 0 Å². The zero-order valence-electron chi connectivity index (χ0n) is 24.7. The number of aromatic amines is 1. The number of nitrogens with zero attached hydrogens (tertiary/aromatic N) is 3. The van der Waals surface area contributed by atoms with Crippen molar-refractivity contribution in [1.82, 2.24) is 19.7 Å². The standard InChI is InChI=1S/C34H34N4O5/c1-7-21-17(3)25-13-29-22(8-2)18(4)27(37-29)15-31-20(6)24(10-12-34(41)42)32(38(31)43)16-30-23(9-11-33(39)40)19(5)26(36-30)14-28(21)35-25/h7-8,13-16,35,43H,1-2,9-12H2,3-6H3,(H,39,40)(H,41,42). The Morgan fingerprint density at radius 2 is 1.40 bits per heavy atom. The molecule has 0 radical (unpaired) electrons. The van der Waals surface area contributed by atoms with Crippen molar-refractivity contribution >= 4 is 62.4 Å². The molecule has 9 heteroatoms. The fourth-order valence-electron chi connectivity index (χ4n) is 5.88. The lowest BCUT2D eigenvalue weighted by Crippen LogP contribution is -1.99. The summed E-state index contributed by atoms with van der Waals surface area (Å²) in [7, 11) is 0. The normalized spacial score (nSPS) is 13.0. The van der Waals surface area contributed by atoms with Crippen LogP contribution in [0.25, 0.3) is 50.4 Å². The van der Waals surface area contributed by atoms with Gasteiger partial charge in [0, 0.05) is 35.0 Å². The molecule has 0 atom stereocenters. The second-order valence-corrected chi connectivity index (χ2v) is 10.9. The summed E-state index contributed by atoms with van der Waals surface area (Å²) in [6.07, 6.45) is 3.75. The van der Waals surface area contributed by atoms with Crippen molar-refractivity contribution in [3.63, 3.8) is 0 Å². The average Bonchev–Trinajstić information content (AvgIpc) is 3.59. The number of aliphatic carboxylic acids is 2. The molecule has 0 saturated carbocycles. The smallest absolute Gasteiger partial charge is 0.303 e. The van der Waals surface area contributed by atoms with Gasteiger partial charge in [-0.15, -0.1) is 0 Å². The summed E-state index contributed by atoms with van der Waals surface area (Å²) in [5, 5.41) is 30.5. The van der Waals surface area contributed by atoms with Gasteiger partial charge in [-0.3, -0.25) is 9.59 Å². The zero-order chi connectivity index (χ0) is 31.2. The fourth-order valence-corrected chi connectivity index (χ4v) is 5.88. The third-order valence-electron chi connectivity index (χ3n) is 8.36. The molecule has 3 aromatic heterocycles. The van der Waals surface area contributed by atoms with E-state index in [2.05, 4.69) is 18.1 Å². The van der Waals surface area contributed by atoms with E-state index in [0.29, 0.717) is 39.4 Å². The van der Waals surface area contributed by atoms with E-state index in [4.69, 9.17) is 9.97 Å². The highest BCUT2D eigenvalue weighted by atomic mass is 16.5. The molecule has 0 saturated heterocycles. The van der Waals surface area contributed by atoms with Crippen LogP contribution in [0.3, 0.4) is 0 Å². The number of rotatable bonds is 8. The van der Waals surface area contributed by atoms with Crippen molar-refractivity contribution in [2.24, 2.45) is 0 Å². The van der Waals surface area contributed by atoms with E-state index in [1.54, 1.807) is 24.3 Å². The summed E-state index contributed by atoms with van der Waals surface area (Å²) in [4.78, 5) is 36.4. The second kappa shape index (κ2) is 11.2. The number of carbonyl (C=O) groups is 2. The summed E-state index contributed by atoms with van der Waals surface area (Å²) in [5.41, 5.74) is 11.6. The number of carboxylic acids is 2. The molecular formula is C34H34N4O5. The molecule has 0 spiro atoms. The van der Waals surface area contributed by atoms with Crippen LogP contribution < -0.4 is 0 Å². The van der Waals surface area contributed by atoms with Gasteiger partial charge in [0.25, 0.3) is 0 Å². The molecule has 4 N–H and O–H groups in total. The van der Waals surface area contributed by atoms with E-state index in [-0.39, 0.29) is 25.7 Å². The number of carboxylic acid groups (broad SMARTS) is 2. The Morgan fingerprint density at radius 3 is 2.05 bits per heavy atom. The van der Waals surface area contributed by atoms with Gasteiger partial charge in [-0.25, -0.2) is 9.97 Å². The van der Waals surface area contributed by atoms with Crippen LogP contribution in [-0.2, 0) is 16.0 Å². The minimum atomic E-state index is -0.955. The Kier molecular flexibility index (Phi) is 7.67. The largest absolute Gasteiger partial charge is 0.481 e. The van der Waals surface area contributed by atoms with E-state index in [1.807, 2.05) is 39.8 Å². The van der Waals surface area contributed by atoms with Gasteiger partial charge in [0.2, 0.25) is 0 Å². The Morgan fingerprint density at radius 1 is 0.791 bits per heavy atom. The van der Waals surface area contributed by atoms with E-state index in [9.17, 15) is 25.0 Å². The van der Waals surface area contributed by atoms with Gasteiger partial charge in [-0.05, 0) is 98.2 Å². The lowest BCUT2D eigenvalue weighted by molar-refractivity contribution is -0.137. The maximum Gasteiger partial charge on any atom is 0.303 e. The van der Waals surface area contributed by atoms with Crippen molar-refractivity contribution in [2.45, 2.75) is 53.4 Å². The molecule has 2 aliphatic heterocycles. The highest BCUT2D eigenvalue weighted by Gasteiger charge is 2.22.